The van der Waals surface area contributed by atoms with Crippen LogP contribution in [0.15, 0.2) is 24.3 Å². The van der Waals surface area contributed by atoms with Crippen LogP contribution < -0.4 is 0 Å². The van der Waals surface area contributed by atoms with E-state index < -0.39 is 0 Å². The summed E-state index contributed by atoms with van der Waals surface area (Å²) in [6.45, 7) is 9.12. The van der Waals surface area contributed by atoms with E-state index in [1.807, 2.05) is 0 Å². The maximum Gasteiger partial charge on any atom is -0.0216 e. The van der Waals surface area contributed by atoms with Crippen molar-refractivity contribution < 1.29 is 0 Å². The summed E-state index contributed by atoms with van der Waals surface area (Å²) in [6, 6.07) is 8.84. The Bertz CT molecular complexity index is 271. The normalized spacial score (nSPS) is 11.3. The average Bonchev–Trinajstić information content (AvgIpc) is 2.15. The Morgan fingerprint density at radius 1 is 1.00 bits per heavy atom. The van der Waals surface area contributed by atoms with Crippen LogP contribution in [0.4, 0.5) is 0 Å². The standard InChI is InChI=1S/C14H22/c1-11(2)9-10-13-7-5-6-8-14(13)12(3)4/h5-8,11-12H,9-10H2,1-4H3. The van der Waals surface area contributed by atoms with Crippen molar-refractivity contribution in [3.05, 3.63) is 35.4 Å². The summed E-state index contributed by atoms with van der Waals surface area (Å²) in [5.74, 6) is 1.45. The second kappa shape index (κ2) is 5.19. The monoisotopic (exact) mass is 190 g/mol. The van der Waals surface area contributed by atoms with Gasteiger partial charge >= 0.3 is 0 Å². The molecule has 0 unspecified atom stereocenters. The first-order valence-electron chi connectivity index (χ1n) is 5.69. The molecule has 0 aliphatic heterocycles. The molecule has 0 spiro atoms. The van der Waals surface area contributed by atoms with Crippen molar-refractivity contribution in [2.24, 2.45) is 5.92 Å². The minimum absolute atomic E-state index is 0.651. The Morgan fingerprint density at radius 3 is 2.21 bits per heavy atom. The molecule has 0 saturated heterocycles. The predicted molar refractivity (Wildman–Crippen MR) is 63.7 cm³/mol. The van der Waals surface area contributed by atoms with E-state index in [0.29, 0.717) is 5.92 Å². The van der Waals surface area contributed by atoms with Crippen LogP contribution in [0.5, 0.6) is 0 Å². The number of aryl methyl sites for hydroxylation is 1. The maximum absolute atomic E-state index is 2.29. The summed E-state index contributed by atoms with van der Waals surface area (Å²) < 4.78 is 0. The van der Waals surface area contributed by atoms with E-state index in [4.69, 9.17) is 0 Å². The number of hydrogen-bond acceptors (Lipinski definition) is 0. The van der Waals surface area contributed by atoms with Gasteiger partial charge in [-0.15, -0.1) is 0 Å². The van der Waals surface area contributed by atoms with Crippen molar-refractivity contribution in [1.29, 1.82) is 0 Å². The van der Waals surface area contributed by atoms with Gasteiger partial charge in [-0.05, 0) is 35.8 Å². The molecule has 14 heavy (non-hydrogen) atoms. The molecule has 78 valence electrons. The van der Waals surface area contributed by atoms with Crippen molar-refractivity contribution in [2.75, 3.05) is 0 Å². The van der Waals surface area contributed by atoms with Crippen molar-refractivity contribution in [2.45, 2.75) is 46.5 Å². The van der Waals surface area contributed by atoms with E-state index in [0.717, 1.165) is 5.92 Å². The van der Waals surface area contributed by atoms with E-state index >= 15 is 0 Å². The van der Waals surface area contributed by atoms with Gasteiger partial charge in [-0.25, -0.2) is 0 Å². The molecular weight excluding hydrogens is 168 g/mol. The predicted octanol–water partition coefficient (Wildman–Crippen LogP) is 4.40. The summed E-state index contributed by atoms with van der Waals surface area (Å²) in [6.07, 6.45) is 2.52. The molecule has 1 aromatic carbocycles. The Morgan fingerprint density at radius 2 is 1.64 bits per heavy atom. The van der Waals surface area contributed by atoms with Crippen LogP contribution in [0.1, 0.15) is 51.2 Å². The Kier molecular flexibility index (Phi) is 4.19. The van der Waals surface area contributed by atoms with Gasteiger partial charge < -0.3 is 0 Å². The Balaban J connectivity index is 2.74. The van der Waals surface area contributed by atoms with Gasteiger partial charge in [-0.1, -0.05) is 52.0 Å². The first-order valence-corrected chi connectivity index (χ1v) is 5.69. The minimum atomic E-state index is 0.651. The highest BCUT2D eigenvalue weighted by Crippen LogP contribution is 2.21. The molecule has 0 nitrogen and oxygen atoms in total. The van der Waals surface area contributed by atoms with Crippen molar-refractivity contribution in [3.63, 3.8) is 0 Å². The van der Waals surface area contributed by atoms with E-state index in [9.17, 15) is 0 Å². The van der Waals surface area contributed by atoms with Crippen LogP contribution in [0, 0.1) is 5.92 Å². The van der Waals surface area contributed by atoms with Gasteiger partial charge in [0, 0.05) is 0 Å². The summed E-state index contributed by atoms with van der Waals surface area (Å²) in [5, 5.41) is 0. The number of benzene rings is 1. The van der Waals surface area contributed by atoms with Crippen molar-refractivity contribution in [3.8, 4) is 0 Å². The smallest absolute Gasteiger partial charge is 0.0216 e. The largest absolute Gasteiger partial charge is 0.0628 e. The van der Waals surface area contributed by atoms with Crippen molar-refractivity contribution in [1.82, 2.24) is 0 Å². The van der Waals surface area contributed by atoms with E-state index in [1.54, 1.807) is 0 Å². The number of rotatable bonds is 4. The SMILES string of the molecule is CC(C)CCc1ccccc1C(C)C. The van der Waals surface area contributed by atoms with Gasteiger partial charge in [0.25, 0.3) is 0 Å². The lowest BCUT2D eigenvalue weighted by molar-refractivity contribution is 0.583. The third-order valence-corrected chi connectivity index (χ3v) is 2.67. The molecule has 0 fully saturated rings. The molecule has 0 aliphatic carbocycles. The molecule has 0 heterocycles. The first kappa shape index (κ1) is 11.3. The van der Waals surface area contributed by atoms with Crippen LogP contribution in [0.2, 0.25) is 0 Å². The molecule has 0 atom stereocenters. The van der Waals surface area contributed by atoms with Gasteiger partial charge in [-0.3, -0.25) is 0 Å². The lowest BCUT2D eigenvalue weighted by atomic mass is 9.93. The molecule has 0 heteroatoms. The molecule has 0 N–H and O–H groups in total. The zero-order valence-corrected chi connectivity index (χ0v) is 9.88. The summed E-state index contributed by atoms with van der Waals surface area (Å²) in [7, 11) is 0. The molecule has 0 amide bonds. The van der Waals surface area contributed by atoms with Gasteiger partial charge in [0.1, 0.15) is 0 Å². The highest BCUT2D eigenvalue weighted by molar-refractivity contribution is 5.29. The second-order valence-electron chi connectivity index (χ2n) is 4.79. The highest BCUT2D eigenvalue weighted by Gasteiger charge is 2.05. The van der Waals surface area contributed by atoms with Crippen LogP contribution in [-0.2, 0) is 6.42 Å². The fraction of sp³-hybridized carbons (Fsp3) is 0.571. The molecule has 1 rings (SSSR count). The fourth-order valence-electron chi connectivity index (χ4n) is 1.77. The molecule has 0 bridgehead atoms. The zero-order valence-electron chi connectivity index (χ0n) is 9.88. The molecule has 0 saturated carbocycles. The minimum Gasteiger partial charge on any atom is -0.0628 e. The highest BCUT2D eigenvalue weighted by atomic mass is 14.1. The van der Waals surface area contributed by atoms with Gasteiger partial charge in [0.15, 0.2) is 0 Å². The maximum atomic E-state index is 2.29. The Hall–Kier alpha value is -0.780. The van der Waals surface area contributed by atoms with E-state index in [1.165, 1.54) is 24.0 Å². The third kappa shape index (κ3) is 3.17. The van der Waals surface area contributed by atoms with Crippen LogP contribution >= 0.6 is 0 Å². The summed E-state index contributed by atoms with van der Waals surface area (Å²) in [5.41, 5.74) is 3.06. The second-order valence-corrected chi connectivity index (χ2v) is 4.79. The van der Waals surface area contributed by atoms with E-state index in [2.05, 4.69) is 52.0 Å². The number of hydrogen-bond donors (Lipinski definition) is 0. The molecule has 0 aliphatic rings. The topological polar surface area (TPSA) is 0 Å². The van der Waals surface area contributed by atoms with Crippen LogP contribution in [-0.4, -0.2) is 0 Å². The van der Waals surface area contributed by atoms with E-state index in [-0.39, 0.29) is 0 Å². The van der Waals surface area contributed by atoms with Crippen LogP contribution in [0.3, 0.4) is 0 Å². The molecule has 0 radical (unpaired) electrons. The fourth-order valence-corrected chi connectivity index (χ4v) is 1.77. The molecule has 1 aromatic rings. The molecular formula is C14H22. The molecule has 0 aromatic heterocycles. The average molecular weight is 190 g/mol. The van der Waals surface area contributed by atoms with Crippen LogP contribution in [0.25, 0.3) is 0 Å². The first-order chi connectivity index (χ1) is 6.61. The van der Waals surface area contributed by atoms with Crippen molar-refractivity contribution >= 4 is 0 Å². The van der Waals surface area contributed by atoms with Gasteiger partial charge in [0.2, 0.25) is 0 Å². The lowest BCUT2D eigenvalue weighted by Crippen LogP contribution is -1.98. The lowest BCUT2D eigenvalue weighted by Gasteiger charge is -2.13. The summed E-state index contributed by atoms with van der Waals surface area (Å²) in [4.78, 5) is 0. The van der Waals surface area contributed by atoms with Gasteiger partial charge in [0.05, 0.1) is 0 Å². The quantitative estimate of drug-likeness (QED) is 0.660. The Labute approximate surface area is 88.4 Å². The zero-order chi connectivity index (χ0) is 10.6. The summed E-state index contributed by atoms with van der Waals surface area (Å²) >= 11 is 0. The van der Waals surface area contributed by atoms with Gasteiger partial charge in [-0.2, -0.15) is 0 Å². The third-order valence-electron chi connectivity index (χ3n) is 2.67.